The van der Waals surface area contributed by atoms with E-state index in [1.165, 1.54) is 0 Å². The number of aryl methyl sites for hydroxylation is 1. The zero-order valence-corrected chi connectivity index (χ0v) is 17.8. The molecule has 0 atom stereocenters. The van der Waals surface area contributed by atoms with Gasteiger partial charge in [-0.25, -0.2) is 13.1 Å². The van der Waals surface area contributed by atoms with Crippen LogP contribution < -0.4 is 4.72 Å². The van der Waals surface area contributed by atoms with Crippen molar-refractivity contribution in [1.29, 1.82) is 0 Å². The summed E-state index contributed by atoms with van der Waals surface area (Å²) in [6.45, 7) is 0.0943. The molecule has 7 heteroatoms. The highest BCUT2D eigenvalue weighted by molar-refractivity contribution is 7.89. The molecule has 0 saturated carbocycles. The Morgan fingerprint density at radius 1 is 0.839 bits per heavy atom. The van der Waals surface area contributed by atoms with Crippen LogP contribution in [0.5, 0.6) is 5.75 Å². The van der Waals surface area contributed by atoms with Gasteiger partial charge in [0.25, 0.3) is 0 Å². The van der Waals surface area contributed by atoms with Crippen LogP contribution in [0, 0.1) is 0 Å². The number of sulfonamides is 1. The van der Waals surface area contributed by atoms with Gasteiger partial charge >= 0.3 is 5.97 Å². The molecular formula is C24H25NO5S. The molecule has 3 rings (SSSR count). The van der Waals surface area contributed by atoms with E-state index in [2.05, 4.69) is 4.72 Å². The van der Waals surface area contributed by atoms with E-state index in [4.69, 9.17) is 5.11 Å². The summed E-state index contributed by atoms with van der Waals surface area (Å²) in [6.07, 6.45) is 0.770. The lowest BCUT2D eigenvalue weighted by Gasteiger charge is -2.10. The molecule has 0 unspecified atom stereocenters. The molecule has 3 aromatic rings. The highest BCUT2D eigenvalue weighted by Gasteiger charge is 2.12. The molecule has 0 aliphatic rings. The minimum absolute atomic E-state index is 0.0943. The maximum Gasteiger partial charge on any atom is 0.307 e. The molecule has 3 N–H and O–H groups in total. The van der Waals surface area contributed by atoms with E-state index in [-0.39, 0.29) is 30.9 Å². The molecule has 0 spiro atoms. The Balaban J connectivity index is 1.55. The van der Waals surface area contributed by atoms with Crippen molar-refractivity contribution in [2.24, 2.45) is 0 Å². The van der Waals surface area contributed by atoms with Crippen LogP contribution in [0.4, 0.5) is 0 Å². The number of aliphatic carboxylic acids is 1. The second-order valence-electron chi connectivity index (χ2n) is 7.41. The highest BCUT2D eigenvalue weighted by Crippen LogP contribution is 2.22. The summed E-state index contributed by atoms with van der Waals surface area (Å²) >= 11 is 0. The van der Waals surface area contributed by atoms with Crippen LogP contribution in [0.2, 0.25) is 0 Å². The second-order valence-corrected chi connectivity index (χ2v) is 9.33. The molecule has 6 nitrogen and oxygen atoms in total. The topological polar surface area (TPSA) is 104 Å². The van der Waals surface area contributed by atoms with Gasteiger partial charge in [-0.2, -0.15) is 0 Å². The van der Waals surface area contributed by atoms with E-state index in [9.17, 15) is 18.3 Å². The third kappa shape index (κ3) is 7.24. The average molecular weight is 440 g/mol. The van der Waals surface area contributed by atoms with Crippen LogP contribution >= 0.6 is 0 Å². The molecule has 0 bridgehead atoms. The number of nitrogens with one attached hydrogen (secondary N) is 1. The van der Waals surface area contributed by atoms with Crippen LogP contribution in [-0.2, 0) is 40.6 Å². The number of rotatable bonds is 10. The first-order valence-electron chi connectivity index (χ1n) is 9.92. The number of carbonyl (C=O) groups is 1. The van der Waals surface area contributed by atoms with E-state index in [0.717, 1.165) is 16.7 Å². The number of carboxylic acids is 1. The van der Waals surface area contributed by atoms with E-state index in [1.54, 1.807) is 30.3 Å². The van der Waals surface area contributed by atoms with Crippen LogP contribution in [0.3, 0.4) is 0 Å². The van der Waals surface area contributed by atoms with Crippen LogP contribution in [0.25, 0.3) is 0 Å². The van der Waals surface area contributed by atoms with Crippen molar-refractivity contribution in [3.8, 4) is 5.75 Å². The fourth-order valence-electron chi connectivity index (χ4n) is 3.27. The first-order chi connectivity index (χ1) is 14.8. The molecule has 0 saturated heterocycles. The third-order valence-corrected chi connectivity index (χ3v) is 6.22. The molecule has 0 aliphatic heterocycles. The molecule has 0 aromatic heterocycles. The van der Waals surface area contributed by atoms with Gasteiger partial charge in [0, 0.05) is 13.0 Å². The first kappa shape index (κ1) is 22.5. The first-order valence-corrected chi connectivity index (χ1v) is 11.6. The summed E-state index contributed by atoms with van der Waals surface area (Å²) in [5.41, 5.74) is 3.94. The normalized spacial score (nSPS) is 11.4. The van der Waals surface area contributed by atoms with Crippen molar-refractivity contribution in [2.45, 2.75) is 25.8 Å². The van der Waals surface area contributed by atoms with Gasteiger partial charge in [-0.05, 0) is 40.3 Å². The standard InChI is InChI=1S/C24H25NO5S/c26-23-15-19(9-10-22(23)14-18-5-2-1-3-6-18)11-12-31(29,30)25-17-21-8-4-7-20(13-21)16-24(27)28/h1-10,13,15,25-26H,11-12,14,16-17H2,(H,27,28). The summed E-state index contributed by atoms with van der Waals surface area (Å²) < 4.78 is 27.3. The Hall–Kier alpha value is -3.16. The molecule has 3 aromatic carbocycles. The molecule has 0 radical (unpaired) electrons. The van der Waals surface area contributed by atoms with Crippen molar-refractivity contribution < 1.29 is 23.4 Å². The zero-order chi connectivity index (χ0) is 22.3. The number of phenols is 1. The van der Waals surface area contributed by atoms with Gasteiger partial charge in [-0.15, -0.1) is 0 Å². The zero-order valence-electron chi connectivity index (χ0n) is 17.0. The highest BCUT2D eigenvalue weighted by atomic mass is 32.2. The maximum atomic E-state index is 12.4. The SMILES string of the molecule is O=C(O)Cc1cccc(CNS(=O)(=O)CCc2ccc(Cc3ccccc3)c(O)c2)c1. The van der Waals surface area contributed by atoms with Crippen LogP contribution in [0.1, 0.15) is 27.8 Å². The second kappa shape index (κ2) is 10.2. The molecular weight excluding hydrogens is 414 g/mol. The van der Waals surface area contributed by atoms with Crippen molar-refractivity contribution in [3.05, 3.63) is 101 Å². The van der Waals surface area contributed by atoms with Crippen molar-refractivity contribution in [3.63, 3.8) is 0 Å². The van der Waals surface area contributed by atoms with E-state index in [1.807, 2.05) is 42.5 Å². The lowest BCUT2D eigenvalue weighted by Crippen LogP contribution is -2.27. The van der Waals surface area contributed by atoms with Gasteiger partial charge in [0.15, 0.2) is 0 Å². The van der Waals surface area contributed by atoms with E-state index < -0.39 is 16.0 Å². The number of carboxylic acid groups (broad SMARTS) is 1. The molecule has 0 amide bonds. The van der Waals surface area contributed by atoms with Gasteiger partial charge in [0.05, 0.1) is 12.2 Å². The predicted octanol–water partition coefficient (Wildman–Crippen LogP) is 3.27. The Morgan fingerprint density at radius 3 is 2.26 bits per heavy atom. The van der Waals surface area contributed by atoms with Crippen molar-refractivity contribution in [2.75, 3.05) is 5.75 Å². The Bertz CT molecular complexity index is 1140. The minimum atomic E-state index is -3.53. The van der Waals surface area contributed by atoms with Crippen molar-refractivity contribution >= 4 is 16.0 Å². The van der Waals surface area contributed by atoms with Gasteiger partial charge in [-0.3, -0.25) is 4.79 Å². The maximum absolute atomic E-state index is 12.4. The lowest BCUT2D eigenvalue weighted by atomic mass is 10.0. The largest absolute Gasteiger partial charge is 0.508 e. The number of aromatic hydroxyl groups is 1. The summed E-state index contributed by atoms with van der Waals surface area (Å²) in [7, 11) is -3.53. The third-order valence-electron chi connectivity index (χ3n) is 4.89. The van der Waals surface area contributed by atoms with E-state index in [0.29, 0.717) is 17.5 Å². The summed E-state index contributed by atoms with van der Waals surface area (Å²) in [5.74, 6) is -0.892. The number of hydrogen-bond acceptors (Lipinski definition) is 4. The van der Waals surface area contributed by atoms with Crippen LogP contribution in [-0.4, -0.2) is 30.4 Å². The number of hydrogen-bond donors (Lipinski definition) is 3. The van der Waals surface area contributed by atoms with Crippen LogP contribution in [0.15, 0.2) is 72.8 Å². The number of phenolic OH excluding ortho intramolecular Hbond substituents is 1. The Labute approximate surface area is 182 Å². The fourth-order valence-corrected chi connectivity index (χ4v) is 4.31. The predicted molar refractivity (Wildman–Crippen MR) is 119 cm³/mol. The molecule has 31 heavy (non-hydrogen) atoms. The lowest BCUT2D eigenvalue weighted by molar-refractivity contribution is -0.136. The Morgan fingerprint density at radius 2 is 1.55 bits per heavy atom. The number of benzene rings is 3. The fraction of sp³-hybridized carbons (Fsp3) is 0.208. The summed E-state index contributed by atoms with van der Waals surface area (Å²) in [6, 6.07) is 21.9. The Kier molecular flexibility index (Phi) is 7.44. The summed E-state index contributed by atoms with van der Waals surface area (Å²) in [4.78, 5) is 10.8. The molecule has 0 heterocycles. The monoisotopic (exact) mass is 439 g/mol. The van der Waals surface area contributed by atoms with Gasteiger partial charge < -0.3 is 10.2 Å². The van der Waals surface area contributed by atoms with E-state index >= 15 is 0 Å². The van der Waals surface area contributed by atoms with Gasteiger partial charge in [-0.1, -0.05) is 66.7 Å². The van der Waals surface area contributed by atoms with Gasteiger partial charge in [0.2, 0.25) is 10.0 Å². The minimum Gasteiger partial charge on any atom is -0.508 e. The molecule has 162 valence electrons. The average Bonchev–Trinajstić information content (AvgIpc) is 2.73. The smallest absolute Gasteiger partial charge is 0.307 e. The van der Waals surface area contributed by atoms with Gasteiger partial charge in [0.1, 0.15) is 5.75 Å². The van der Waals surface area contributed by atoms with Crippen molar-refractivity contribution in [1.82, 2.24) is 4.72 Å². The molecule has 0 aliphatic carbocycles. The summed E-state index contributed by atoms with van der Waals surface area (Å²) in [5, 5.41) is 19.2. The quantitative estimate of drug-likeness (QED) is 0.450. The molecule has 0 fully saturated rings.